The van der Waals surface area contributed by atoms with E-state index < -0.39 is 0 Å². The lowest BCUT2D eigenvalue weighted by atomic mass is 10.1. The molecule has 0 saturated carbocycles. The molecule has 1 aliphatic heterocycles. The van der Waals surface area contributed by atoms with Gasteiger partial charge >= 0.3 is 0 Å². The molecule has 5 aromatic rings. The van der Waals surface area contributed by atoms with Crippen molar-refractivity contribution in [2.75, 3.05) is 41.8 Å². The zero-order valence-electron chi connectivity index (χ0n) is 20.8. The first-order chi connectivity index (χ1) is 18.6. The largest absolute Gasteiger partial charge is 0.378 e. The maximum absolute atomic E-state index is 13.0. The predicted molar refractivity (Wildman–Crippen MR) is 147 cm³/mol. The van der Waals surface area contributed by atoms with E-state index in [0.717, 1.165) is 35.4 Å². The maximum Gasteiger partial charge on any atom is 0.255 e. The first-order valence-electron chi connectivity index (χ1n) is 12.4. The SMILES string of the molecule is Cc1cc(Nc2ccc(NC(=O)c3ccc4noc(-c5ccccc5)c4c3)cc2)nc(N2CCOCC2)n1. The summed E-state index contributed by atoms with van der Waals surface area (Å²) in [6.07, 6.45) is 0. The van der Waals surface area contributed by atoms with E-state index in [-0.39, 0.29) is 5.91 Å². The van der Waals surface area contributed by atoms with Crippen LogP contribution in [0.25, 0.3) is 22.2 Å². The number of ether oxygens (including phenoxy) is 1. The molecule has 0 unspecified atom stereocenters. The van der Waals surface area contributed by atoms with Gasteiger partial charge in [0.15, 0.2) is 5.76 Å². The van der Waals surface area contributed by atoms with Crippen LogP contribution in [0.1, 0.15) is 16.1 Å². The van der Waals surface area contributed by atoms with Gasteiger partial charge in [0.25, 0.3) is 5.91 Å². The first-order valence-corrected chi connectivity index (χ1v) is 12.4. The van der Waals surface area contributed by atoms with Gasteiger partial charge in [-0.05, 0) is 49.4 Å². The van der Waals surface area contributed by atoms with Crippen molar-refractivity contribution in [3.05, 3.63) is 90.1 Å². The van der Waals surface area contributed by atoms with Crippen LogP contribution in [0.2, 0.25) is 0 Å². The molecule has 3 heterocycles. The number of fused-ring (bicyclic) bond motifs is 1. The van der Waals surface area contributed by atoms with Gasteiger partial charge in [0.2, 0.25) is 5.95 Å². The number of anilines is 4. The molecular weight excluding hydrogens is 480 g/mol. The van der Waals surface area contributed by atoms with Crippen molar-refractivity contribution < 1.29 is 14.1 Å². The lowest BCUT2D eigenvalue weighted by Crippen LogP contribution is -2.37. The Hall–Kier alpha value is -4.76. The van der Waals surface area contributed by atoms with Crippen LogP contribution in [-0.2, 0) is 4.74 Å². The summed E-state index contributed by atoms with van der Waals surface area (Å²) in [5.74, 6) is 1.84. The molecule has 0 atom stereocenters. The summed E-state index contributed by atoms with van der Waals surface area (Å²) < 4.78 is 11.0. The van der Waals surface area contributed by atoms with Gasteiger partial charge in [0.05, 0.1) is 18.6 Å². The van der Waals surface area contributed by atoms with E-state index >= 15 is 0 Å². The van der Waals surface area contributed by atoms with Gasteiger partial charge in [-0.2, -0.15) is 4.98 Å². The summed E-state index contributed by atoms with van der Waals surface area (Å²) in [7, 11) is 0. The average Bonchev–Trinajstić information content (AvgIpc) is 3.38. The topological polar surface area (TPSA) is 105 Å². The Kier molecular flexibility index (Phi) is 6.41. The van der Waals surface area contributed by atoms with Crippen LogP contribution in [0.4, 0.5) is 23.1 Å². The second-order valence-corrected chi connectivity index (χ2v) is 9.06. The molecule has 1 aliphatic rings. The zero-order valence-corrected chi connectivity index (χ0v) is 20.8. The second-order valence-electron chi connectivity index (χ2n) is 9.06. The third kappa shape index (κ3) is 5.05. The molecule has 6 rings (SSSR count). The Bertz CT molecular complexity index is 1580. The number of nitrogens with one attached hydrogen (secondary N) is 2. The van der Waals surface area contributed by atoms with Crippen molar-refractivity contribution in [1.29, 1.82) is 0 Å². The molecule has 1 saturated heterocycles. The Morgan fingerprint density at radius 3 is 2.45 bits per heavy atom. The zero-order chi connectivity index (χ0) is 25.9. The summed E-state index contributed by atoms with van der Waals surface area (Å²) in [5.41, 5.74) is 4.55. The fraction of sp³-hybridized carbons (Fsp3) is 0.172. The van der Waals surface area contributed by atoms with Gasteiger partial charge in [-0.25, -0.2) is 4.98 Å². The van der Waals surface area contributed by atoms with E-state index in [4.69, 9.17) is 9.26 Å². The minimum absolute atomic E-state index is 0.214. The van der Waals surface area contributed by atoms with Crippen LogP contribution in [0.3, 0.4) is 0 Å². The molecule has 0 spiro atoms. The van der Waals surface area contributed by atoms with E-state index in [1.807, 2.05) is 73.7 Å². The highest BCUT2D eigenvalue weighted by molar-refractivity contribution is 6.07. The van der Waals surface area contributed by atoms with Crippen LogP contribution in [0.15, 0.2) is 83.4 Å². The lowest BCUT2D eigenvalue weighted by molar-refractivity contribution is 0.102. The van der Waals surface area contributed by atoms with Gasteiger partial charge < -0.3 is 24.8 Å². The van der Waals surface area contributed by atoms with Crippen LogP contribution >= 0.6 is 0 Å². The number of carbonyl (C=O) groups is 1. The van der Waals surface area contributed by atoms with Crippen molar-refractivity contribution in [2.24, 2.45) is 0 Å². The van der Waals surface area contributed by atoms with E-state index in [1.165, 1.54) is 0 Å². The van der Waals surface area contributed by atoms with Gasteiger partial charge in [0, 0.05) is 47.4 Å². The Morgan fingerprint density at radius 2 is 1.66 bits per heavy atom. The van der Waals surface area contributed by atoms with Gasteiger partial charge in [-0.15, -0.1) is 0 Å². The van der Waals surface area contributed by atoms with Crippen LogP contribution in [0.5, 0.6) is 0 Å². The summed E-state index contributed by atoms with van der Waals surface area (Å²) >= 11 is 0. The van der Waals surface area contributed by atoms with Gasteiger partial charge in [-0.1, -0.05) is 35.5 Å². The van der Waals surface area contributed by atoms with Crippen LogP contribution < -0.4 is 15.5 Å². The Balaban J connectivity index is 1.15. The summed E-state index contributed by atoms with van der Waals surface area (Å²) in [4.78, 5) is 24.4. The molecule has 3 aromatic carbocycles. The van der Waals surface area contributed by atoms with Crippen molar-refractivity contribution in [2.45, 2.75) is 6.92 Å². The maximum atomic E-state index is 13.0. The minimum atomic E-state index is -0.214. The number of amides is 1. The van der Waals surface area contributed by atoms with E-state index in [2.05, 4.69) is 30.7 Å². The third-order valence-electron chi connectivity index (χ3n) is 6.33. The Morgan fingerprint density at radius 1 is 0.895 bits per heavy atom. The first kappa shape index (κ1) is 23.6. The summed E-state index contributed by atoms with van der Waals surface area (Å²) in [6, 6.07) is 24.5. The smallest absolute Gasteiger partial charge is 0.255 e. The third-order valence-corrected chi connectivity index (χ3v) is 6.33. The number of aromatic nitrogens is 3. The predicted octanol–water partition coefficient (Wildman–Crippen LogP) is 5.43. The monoisotopic (exact) mass is 506 g/mol. The van der Waals surface area contributed by atoms with Crippen molar-refractivity contribution in [3.8, 4) is 11.3 Å². The normalized spacial score (nSPS) is 13.4. The van der Waals surface area contributed by atoms with Gasteiger partial charge in [0.1, 0.15) is 11.3 Å². The lowest BCUT2D eigenvalue weighted by Gasteiger charge is -2.27. The Labute approximate surface area is 219 Å². The number of nitrogens with zero attached hydrogens (tertiary/aromatic N) is 4. The van der Waals surface area contributed by atoms with Crippen LogP contribution in [0, 0.1) is 6.92 Å². The highest BCUT2D eigenvalue weighted by Crippen LogP contribution is 2.29. The van der Waals surface area contributed by atoms with Crippen molar-refractivity contribution in [1.82, 2.24) is 15.1 Å². The van der Waals surface area contributed by atoms with Gasteiger partial charge in [-0.3, -0.25) is 4.79 Å². The van der Waals surface area contributed by atoms with E-state index in [9.17, 15) is 4.79 Å². The average molecular weight is 507 g/mol. The number of morpholine rings is 1. The fourth-order valence-electron chi connectivity index (χ4n) is 4.39. The van der Waals surface area contributed by atoms with Crippen molar-refractivity contribution >= 4 is 40.0 Å². The molecule has 1 fully saturated rings. The quantitative estimate of drug-likeness (QED) is 0.314. The molecule has 2 aromatic heterocycles. The number of carbonyl (C=O) groups excluding carboxylic acids is 1. The molecule has 0 aliphatic carbocycles. The molecule has 38 heavy (non-hydrogen) atoms. The number of rotatable bonds is 6. The molecule has 190 valence electrons. The minimum Gasteiger partial charge on any atom is -0.378 e. The molecule has 0 radical (unpaired) electrons. The highest BCUT2D eigenvalue weighted by atomic mass is 16.5. The van der Waals surface area contributed by atoms with E-state index in [0.29, 0.717) is 47.5 Å². The number of benzene rings is 3. The number of hydrogen-bond acceptors (Lipinski definition) is 8. The fourth-order valence-corrected chi connectivity index (χ4v) is 4.39. The summed E-state index contributed by atoms with van der Waals surface area (Å²) in [5, 5.41) is 11.2. The van der Waals surface area contributed by atoms with Crippen molar-refractivity contribution in [3.63, 3.8) is 0 Å². The second kappa shape index (κ2) is 10.3. The highest BCUT2D eigenvalue weighted by Gasteiger charge is 2.16. The molecule has 1 amide bonds. The number of aryl methyl sites for hydroxylation is 1. The molecule has 9 heteroatoms. The molecule has 2 N–H and O–H groups in total. The number of hydrogen-bond donors (Lipinski definition) is 2. The summed E-state index contributed by atoms with van der Waals surface area (Å²) in [6.45, 7) is 4.85. The standard InChI is InChI=1S/C29H26N6O3/c1-19-17-26(33-29(30-19)35-13-15-37-16-14-35)31-22-8-10-23(11-9-22)32-28(36)21-7-12-25-24(18-21)27(38-34-25)20-5-3-2-4-6-20/h2-12,17-18H,13-16H2,1H3,(H,32,36)(H,30,31,33). The van der Waals surface area contributed by atoms with Crippen LogP contribution in [-0.4, -0.2) is 47.3 Å². The molecular formula is C29H26N6O3. The van der Waals surface area contributed by atoms with E-state index in [1.54, 1.807) is 12.1 Å². The molecule has 9 nitrogen and oxygen atoms in total. The molecule has 0 bridgehead atoms.